The molecule has 1 rings (SSSR count). The number of carbonyl (C=O) groups excluding carboxylic acids is 2. The summed E-state index contributed by atoms with van der Waals surface area (Å²) in [4.78, 5) is 27.0. The topological polar surface area (TPSA) is 106 Å². The van der Waals surface area contributed by atoms with E-state index in [0.29, 0.717) is 5.69 Å². The molecular weight excluding hydrogens is 260 g/mol. The molecule has 2 amide bonds. The lowest BCUT2D eigenvalue weighted by Gasteiger charge is -2.19. The molecule has 0 aliphatic rings. The Labute approximate surface area is 117 Å². The van der Waals surface area contributed by atoms with Crippen molar-refractivity contribution in [1.82, 2.24) is 15.6 Å². The number of carbonyl (C=O) groups is 2. The van der Waals surface area contributed by atoms with Crippen LogP contribution in [0.15, 0.2) is 18.3 Å². The van der Waals surface area contributed by atoms with E-state index in [0.717, 1.165) is 0 Å². The fourth-order valence-corrected chi connectivity index (χ4v) is 1.35. The highest BCUT2D eigenvalue weighted by molar-refractivity contribution is 5.96. The molecular formula is C13H20N4O3. The molecule has 0 saturated heterocycles. The predicted molar refractivity (Wildman–Crippen MR) is 75.2 cm³/mol. The van der Waals surface area contributed by atoms with Crippen molar-refractivity contribution in [3.8, 4) is 0 Å². The van der Waals surface area contributed by atoms with Gasteiger partial charge in [0, 0.05) is 19.3 Å². The van der Waals surface area contributed by atoms with Crippen molar-refractivity contribution in [3.05, 3.63) is 24.0 Å². The number of pyridine rings is 1. The normalized spacial score (nSPS) is 10.8. The van der Waals surface area contributed by atoms with Gasteiger partial charge in [0.15, 0.2) is 5.69 Å². The first-order valence-corrected chi connectivity index (χ1v) is 6.25. The third kappa shape index (κ3) is 5.55. The second-order valence-corrected chi connectivity index (χ2v) is 5.13. The van der Waals surface area contributed by atoms with Crippen LogP contribution in [0.4, 0.5) is 10.5 Å². The van der Waals surface area contributed by atoms with Crippen molar-refractivity contribution < 1.29 is 14.3 Å². The summed E-state index contributed by atoms with van der Waals surface area (Å²) in [5.74, 6) is -0.380. The number of nitrogens with one attached hydrogen (secondary N) is 2. The van der Waals surface area contributed by atoms with Crippen molar-refractivity contribution >= 4 is 17.7 Å². The molecule has 7 heteroatoms. The maximum absolute atomic E-state index is 11.7. The number of ether oxygens (including phenoxy) is 1. The molecule has 0 saturated carbocycles. The zero-order valence-electron chi connectivity index (χ0n) is 11.9. The van der Waals surface area contributed by atoms with Crippen molar-refractivity contribution in [1.29, 1.82) is 0 Å². The zero-order chi connectivity index (χ0) is 15.2. The van der Waals surface area contributed by atoms with Crippen LogP contribution in [0.3, 0.4) is 0 Å². The summed E-state index contributed by atoms with van der Waals surface area (Å²) in [5.41, 5.74) is 5.57. The molecule has 1 heterocycles. The summed E-state index contributed by atoms with van der Waals surface area (Å²) in [6.07, 6.45) is 0.966. The number of hydrogen-bond acceptors (Lipinski definition) is 5. The van der Waals surface area contributed by atoms with Gasteiger partial charge in [0.25, 0.3) is 5.91 Å². The van der Waals surface area contributed by atoms with E-state index in [1.807, 2.05) is 0 Å². The maximum atomic E-state index is 11.7. The Morgan fingerprint density at radius 2 is 1.95 bits per heavy atom. The molecule has 1 aromatic heterocycles. The first kappa shape index (κ1) is 15.7. The van der Waals surface area contributed by atoms with Crippen LogP contribution in [0, 0.1) is 0 Å². The number of rotatable bonds is 4. The van der Waals surface area contributed by atoms with Crippen LogP contribution in [-0.2, 0) is 4.74 Å². The van der Waals surface area contributed by atoms with Gasteiger partial charge < -0.3 is 21.1 Å². The predicted octanol–water partition coefficient (Wildman–Crippen LogP) is 0.918. The second kappa shape index (κ2) is 6.74. The summed E-state index contributed by atoms with van der Waals surface area (Å²) in [5, 5.41) is 5.14. The Morgan fingerprint density at radius 1 is 1.30 bits per heavy atom. The summed E-state index contributed by atoms with van der Waals surface area (Å²) in [7, 11) is 0. The molecule has 110 valence electrons. The quantitative estimate of drug-likeness (QED) is 0.711. The fourth-order valence-electron chi connectivity index (χ4n) is 1.35. The number of hydrogen-bond donors (Lipinski definition) is 3. The highest BCUT2D eigenvalue weighted by Crippen LogP contribution is 2.06. The number of anilines is 1. The lowest BCUT2D eigenvalue weighted by atomic mass is 10.2. The van der Waals surface area contributed by atoms with E-state index in [2.05, 4.69) is 15.6 Å². The molecule has 20 heavy (non-hydrogen) atoms. The van der Waals surface area contributed by atoms with Crippen LogP contribution in [0.2, 0.25) is 0 Å². The highest BCUT2D eigenvalue weighted by atomic mass is 16.6. The smallest absolute Gasteiger partial charge is 0.407 e. The number of nitrogens with two attached hydrogens (primary N) is 1. The fraction of sp³-hybridized carbons (Fsp3) is 0.462. The molecule has 0 unspecified atom stereocenters. The number of nitrogen functional groups attached to an aromatic ring is 1. The van der Waals surface area contributed by atoms with Gasteiger partial charge in [0.1, 0.15) is 5.60 Å². The van der Waals surface area contributed by atoms with Crippen molar-refractivity contribution in [2.24, 2.45) is 0 Å². The molecule has 0 aliphatic carbocycles. The van der Waals surface area contributed by atoms with Gasteiger partial charge in [-0.15, -0.1) is 0 Å². The molecule has 0 spiro atoms. The molecule has 0 bridgehead atoms. The first-order valence-electron chi connectivity index (χ1n) is 6.25. The average molecular weight is 280 g/mol. The molecule has 0 radical (unpaired) electrons. The zero-order valence-corrected chi connectivity index (χ0v) is 11.9. The summed E-state index contributed by atoms with van der Waals surface area (Å²) in [6.45, 7) is 5.84. The number of aromatic nitrogens is 1. The Kier molecular flexibility index (Phi) is 5.31. The van der Waals surface area contributed by atoms with Crippen LogP contribution in [0.5, 0.6) is 0 Å². The van der Waals surface area contributed by atoms with E-state index < -0.39 is 11.7 Å². The maximum Gasteiger partial charge on any atom is 0.407 e. The van der Waals surface area contributed by atoms with Crippen LogP contribution >= 0.6 is 0 Å². The minimum atomic E-state index is -0.546. The third-order valence-corrected chi connectivity index (χ3v) is 2.13. The van der Waals surface area contributed by atoms with Gasteiger partial charge >= 0.3 is 6.09 Å². The lowest BCUT2D eigenvalue weighted by molar-refractivity contribution is 0.0526. The van der Waals surface area contributed by atoms with E-state index in [-0.39, 0.29) is 24.7 Å². The summed E-state index contributed by atoms with van der Waals surface area (Å²) in [6, 6.07) is 3.25. The van der Waals surface area contributed by atoms with E-state index in [1.165, 1.54) is 6.20 Å². The van der Waals surface area contributed by atoms with Gasteiger partial charge in [0.05, 0.1) is 5.69 Å². The van der Waals surface area contributed by atoms with E-state index >= 15 is 0 Å². The Balaban J connectivity index is 2.30. The molecule has 0 atom stereocenters. The van der Waals surface area contributed by atoms with Crippen LogP contribution < -0.4 is 16.4 Å². The first-order chi connectivity index (χ1) is 9.29. The van der Waals surface area contributed by atoms with Gasteiger partial charge in [-0.2, -0.15) is 0 Å². The minimum Gasteiger partial charge on any atom is -0.444 e. The molecule has 0 aliphatic heterocycles. The monoisotopic (exact) mass is 280 g/mol. The average Bonchev–Trinajstić information content (AvgIpc) is 2.33. The lowest BCUT2D eigenvalue weighted by Crippen LogP contribution is -2.38. The summed E-state index contributed by atoms with van der Waals surface area (Å²) < 4.78 is 5.05. The highest BCUT2D eigenvalue weighted by Gasteiger charge is 2.15. The van der Waals surface area contributed by atoms with Gasteiger partial charge in [-0.05, 0) is 32.9 Å². The van der Waals surface area contributed by atoms with Gasteiger partial charge in [-0.25, -0.2) is 9.78 Å². The Bertz CT molecular complexity index is 483. The number of alkyl carbamates (subject to hydrolysis) is 1. The van der Waals surface area contributed by atoms with Crippen molar-refractivity contribution in [3.63, 3.8) is 0 Å². The number of amides is 2. The van der Waals surface area contributed by atoms with Crippen molar-refractivity contribution in [2.75, 3.05) is 18.8 Å². The van der Waals surface area contributed by atoms with E-state index in [1.54, 1.807) is 32.9 Å². The van der Waals surface area contributed by atoms with Gasteiger partial charge in [0.2, 0.25) is 0 Å². The minimum absolute atomic E-state index is 0.171. The van der Waals surface area contributed by atoms with Crippen molar-refractivity contribution in [2.45, 2.75) is 26.4 Å². The number of nitrogens with zero attached hydrogens (tertiary/aromatic N) is 1. The van der Waals surface area contributed by atoms with Crippen LogP contribution in [0.1, 0.15) is 31.3 Å². The van der Waals surface area contributed by atoms with E-state index in [9.17, 15) is 9.59 Å². The molecule has 4 N–H and O–H groups in total. The summed E-state index contributed by atoms with van der Waals surface area (Å²) >= 11 is 0. The largest absolute Gasteiger partial charge is 0.444 e. The van der Waals surface area contributed by atoms with Gasteiger partial charge in [-0.1, -0.05) is 0 Å². The molecule has 0 fully saturated rings. The SMILES string of the molecule is CC(C)(C)OC(=O)NCCNC(=O)c1ncccc1N. The Hall–Kier alpha value is -2.31. The molecule has 0 aromatic carbocycles. The van der Waals surface area contributed by atoms with E-state index in [4.69, 9.17) is 10.5 Å². The second-order valence-electron chi connectivity index (χ2n) is 5.13. The molecule has 1 aromatic rings. The standard InChI is InChI=1S/C13H20N4O3/c1-13(2,3)20-12(19)17-8-7-16-11(18)10-9(14)5-4-6-15-10/h4-6H,7-8,14H2,1-3H3,(H,16,18)(H,17,19). The van der Waals surface area contributed by atoms with Crippen LogP contribution in [0.25, 0.3) is 0 Å². The Morgan fingerprint density at radius 3 is 2.55 bits per heavy atom. The van der Waals surface area contributed by atoms with Gasteiger partial charge in [-0.3, -0.25) is 4.79 Å². The third-order valence-electron chi connectivity index (χ3n) is 2.13. The van der Waals surface area contributed by atoms with Crippen LogP contribution in [-0.4, -0.2) is 35.7 Å². The molecule has 7 nitrogen and oxygen atoms in total.